The third kappa shape index (κ3) is 6.90. The van der Waals surface area contributed by atoms with Crippen molar-refractivity contribution in [1.29, 1.82) is 0 Å². The molecule has 1 aromatic heterocycles. The summed E-state index contributed by atoms with van der Waals surface area (Å²) in [7, 11) is 0. The zero-order valence-electron chi connectivity index (χ0n) is 16.8. The molecule has 0 atom stereocenters. The van der Waals surface area contributed by atoms with Gasteiger partial charge in [0.25, 0.3) is 5.91 Å². The molecule has 1 N–H and O–H groups in total. The summed E-state index contributed by atoms with van der Waals surface area (Å²) in [4.78, 5) is 38.7. The summed E-state index contributed by atoms with van der Waals surface area (Å²) in [5.74, 6) is 0.0169. The van der Waals surface area contributed by atoms with Crippen molar-refractivity contribution in [3.05, 3.63) is 24.3 Å². The highest BCUT2D eigenvalue weighted by molar-refractivity contribution is 5.92. The predicted molar refractivity (Wildman–Crippen MR) is 105 cm³/mol. The Labute approximate surface area is 162 Å². The van der Waals surface area contributed by atoms with Crippen LogP contribution in [0.4, 0.5) is 0 Å². The lowest BCUT2D eigenvalue weighted by Gasteiger charge is -2.32. The molecule has 27 heavy (non-hydrogen) atoms. The van der Waals surface area contributed by atoms with Crippen LogP contribution in [0.15, 0.2) is 18.6 Å². The molecule has 7 heteroatoms. The molecule has 0 unspecified atom stereocenters. The number of nitrogens with zero attached hydrogens (tertiary/aromatic N) is 4. The molecular formula is C20H34N5O2+. The molecule has 0 saturated carbocycles. The Morgan fingerprint density at radius 3 is 2.52 bits per heavy atom. The summed E-state index contributed by atoms with van der Waals surface area (Å²) in [6.07, 6.45) is 9.33. The monoisotopic (exact) mass is 376 g/mol. The van der Waals surface area contributed by atoms with Crippen molar-refractivity contribution >= 4 is 11.8 Å². The molecule has 1 aliphatic heterocycles. The fraction of sp³-hybridized carbons (Fsp3) is 0.700. The van der Waals surface area contributed by atoms with Gasteiger partial charge in [0.1, 0.15) is 5.69 Å². The smallest absolute Gasteiger partial charge is 0.274 e. The van der Waals surface area contributed by atoms with E-state index in [0.717, 1.165) is 58.4 Å². The van der Waals surface area contributed by atoms with Crippen molar-refractivity contribution in [2.45, 2.75) is 46.0 Å². The van der Waals surface area contributed by atoms with Gasteiger partial charge in [-0.25, -0.2) is 4.98 Å². The fourth-order valence-corrected chi connectivity index (χ4v) is 3.43. The normalized spacial score (nSPS) is 15.0. The molecule has 7 nitrogen and oxygen atoms in total. The molecule has 1 aromatic rings. The van der Waals surface area contributed by atoms with Crippen LogP contribution in [0, 0.1) is 0 Å². The van der Waals surface area contributed by atoms with Crippen LogP contribution in [0.1, 0.15) is 56.4 Å². The first-order chi connectivity index (χ1) is 13.2. The number of aromatic nitrogens is 2. The number of amides is 2. The van der Waals surface area contributed by atoms with E-state index >= 15 is 0 Å². The first-order valence-electron chi connectivity index (χ1n) is 10.3. The summed E-state index contributed by atoms with van der Waals surface area (Å²) in [5.41, 5.74) is 0.348. The second kappa shape index (κ2) is 11.6. The lowest BCUT2D eigenvalue weighted by molar-refractivity contribution is -0.902. The van der Waals surface area contributed by atoms with E-state index in [2.05, 4.69) is 23.8 Å². The van der Waals surface area contributed by atoms with Gasteiger partial charge in [0, 0.05) is 31.9 Å². The lowest BCUT2D eigenvalue weighted by atomic mass is 10.2. The fourth-order valence-electron chi connectivity index (χ4n) is 3.43. The molecule has 150 valence electrons. The zero-order chi connectivity index (χ0) is 19.5. The van der Waals surface area contributed by atoms with Gasteiger partial charge >= 0.3 is 0 Å². The average molecular weight is 377 g/mol. The number of unbranched alkanes of at least 4 members (excludes halogenated alkanes) is 3. The summed E-state index contributed by atoms with van der Waals surface area (Å²) in [6.45, 7) is 10.2. The minimum atomic E-state index is -0.132. The number of carbonyl (C=O) groups is 2. The highest BCUT2D eigenvalue weighted by Crippen LogP contribution is 2.07. The van der Waals surface area contributed by atoms with Crippen LogP contribution in [-0.2, 0) is 4.79 Å². The van der Waals surface area contributed by atoms with Crippen molar-refractivity contribution in [2.75, 3.05) is 45.8 Å². The molecule has 0 spiro atoms. The molecule has 2 heterocycles. The number of carbonyl (C=O) groups excluding carboxylic acids is 2. The summed E-state index contributed by atoms with van der Waals surface area (Å²) in [6, 6.07) is 0. The van der Waals surface area contributed by atoms with Crippen LogP contribution < -0.4 is 4.90 Å². The minimum Gasteiger partial charge on any atom is -0.337 e. The first-order valence-corrected chi connectivity index (χ1v) is 10.3. The largest absolute Gasteiger partial charge is 0.337 e. The first kappa shape index (κ1) is 21.3. The van der Waals surface area contributed by atoms with Crippen molar-refractivity contribution in [3.8, 4) is 0 Å². The van der Waals surface area contributed by atoms with Crippen LogP contribution in [0.2, 0.25) is 0 Å². The Kier molecular flexibility index (Phi) is 9.18. The van der Waals surface area contributed by atoms with Gasteiger partial charge in [0.05, 0.1) is 38.9 Å². The average Bonchev–Trinajstić information content (AvgIpc) is 2.73. The van der Waals surface area contributed by atoms with E-state index in [9.17, 15) is 9.59 Å². The second-order valence-electron chi connectivity index (χ2n) is 7.18. The Morgan fingerprint density at radius 2 is 1.89 bits per heavy atom. The number of nitrogens with one attached hydrogen (secondary N) is 1. The Bertz CT molecular complexity index is 573. The molecule has 0 bridgehead atoms. The summed E-state index contributed by atoms with van der Waals surface area (Å²) < 4.78 is 0. The van der Waals surface area contributed by atoms with Crippen LogP contribution in [-0.4, -0.2) is 77.4 Å². The molecule has 1 saturated heterocycles. The maximum Gasteiger partial charge on any atom is 0.274 e. The highest BCUT2D eigenvalue weighted by atomic mass is 16.2. The van der Waals surface area contributed by atoms with Crippen LogP contribution in [0.5, 0.6) is 0 Å². The topological polar surface area (TPSA) is 70.8 Å². The number of hydrogen-bond acceptors (Lipinski definition) is 4. The summed E-state index contributed by atoms with van der Waals surface area (Å²) >= 11 is 0. The predicted octanol–water partition coefficient (Wildman–Crippen LogP) is 0.636. The molecule has 0 radical (unpaired) electrons. The second-order valence-corrected chi connectivity index (χ2v) is 7.18. The van der Waals surface area contributed by atoms with Crippen molar-refractivity contribution in [3.63, 3.8) is 0 Å². The minimum absolute atomic E-state index is 0.132. The zero-order valence-corrected chi connectivity index (χ0v) is 16.8. The number of piperazine rings is 1. The van der Waals surface area contributed by atoms with E-state index in [4.69, 9.17) is 0 Å². The third-order valence-electron chi connectivity index (χ3n) is 5.27. The standard InChI is InChI=1S/C20H33N5O2/c1-3-5-6-7-11-25(20(27)18-17-21-9-10-22-18)12-8-19(26)24-15-13-23(4-2)14-16-24/h9-10,17H,3-8,11-16H2,1-2H3/p+1. The molecular weight excluding hydrogens is 342 g/mol. The van der Waals surface area contributed by atoms with Gasteiger partial charge in [-0.2, -0.15) is 0 Å². The van der Waals surface area contributed by atoms with E-state index in [1.54, 1.807) is 16.0 Å². The van der Waals surface area contributed by atoms with Crippen molar-refractivity contribution < 1.29 is 14.5 Å². The van der Waals surface area contributed by atoms with Crippen LogP contribution in [0.25, 0.3) is 0 Å². The number of rotatable bonds is 10. The van der Waals surface area contributed by atoms with Crippen LogP contribution in [0.3, 0.4) is 0 Å². The van der Waals surface area contributed by atoms with Gasteiger partial charge in [0.2, 0.25) is 5.91 Å². The van der Waals surface area contributed by atoms with E-state index in [1.807, 2.05) is 4.90 Å². The van der Waals surface area contributed by atoms with Gasteiger partial charge in [-0.1, -0.05) is 26.2 Å². The summed E-state index contributed by atoms with van der Waals surface area (Å²) in [5, 5.41) is 0. The van der Waals surface area contributed by atoms with E-state index in [1.165, 1.54) is 12.4 Å². The Balaban J connectivity index is 1.89. The van der Waals surface area contributed by atoms with E-state index < -0.39 is 0 Å². The van der Waals surface area contributed by atoms with Gasteiger partial charge in [-0.3, -0.25) is 14.6 Å². The molecule has 1 aliphatic rings. The van der Waals surface area contributed by atoms with Gasteiger partial charge in [0.15, 0.2) is 0 Å². The van der Waals surface area contributed by atoms with Gasteiger partial charge in [-0.05, 0) is 13.3 Å². The SMILES string of the molecule is CCCCCCN(CCC(=O)N1CC[NH+](CC)CC1)C(=O)c1cnccn1. The molecule has 1 fully saturated rings. The maximum absolute atomic E-state index is 12.8. The van der Waals surface area contributed by atoms with Gasteiger partial charge < -0.3 is 14.7 Å². The Morgan fingerprint density at radius 1 is 1.11 bits per heavy atom. The third-order valence-corrected chi connectivity index (χ3v) is 5.27. The molecule has 2 amide bonds. The highest BCUT2D eigenvalue weighted by Gasteiger charge is 2.24. The number of quaternary nitrogens is 1. The van der Waals surface area contributed by atoms with Crippen LogP contribution >= 0.6 is 0 Å². The molecule has 0 aromatic carbocycles. The van der Waals surface area contributed by atoms with Gasteiger partial charge in [-0.15, -0.1) is 0 Å². The quantitative estimate of drug-likeness (QED) is 0.608. The number of hydrogen-bond donors (Lipinski definition) is 1. The maximum atomic E-state index is 12.8. The van der Waals surface area contributed by atoms with E-state index in [0.29, 0.717) is 25.2 Å². The van der Waals surface area contributed by atoms with Crippen molar-refractivity contribution in [1.82, 2.24) is 19.8 Å². The van der Waals surface area contributed by atoms with Crippen molar-refractivity contribution in [2.24, 2.45) is 0 Å². The van der Waals surface area contributed by atoms with E-state index in [-0.39, 0.29) is 11.8 Å². The lowest BCUT2D eigenvalue weighted by Crippen LogP contribution is -3.14. The molecule has 2 rings (SSSR count). The Hall–Kier alpha value is -2.02. The number of likely N-dealkylation sites (N-methyl/N-ethyl adjacent to an activating group) is 1. The molecule has 0 aliphatic carbocycles.